The molecule has 0 bridgehead atoms. The van der Waals surface area contributed by atoms with Crippen LogP contribution in [0.25, 0.3) is 0 Å². The Morgan fingerprint density at radius 3 is 1.25 bits per heavy atom. The number of aliphatic hydroxyl groups is 1. The van der Waals surface area contributed by atoms with Crippen molar-refractivity contribution < 1.29 is 42.7 Å². The van der Waals surface area contributed by atoms with Crippen molar-refractivity contribution in [3.63, 3.8) is 0 Å². The highest BCUT2D eigenvalue weighted by Gasteiger charge is 2.48. The molecule has 15 heteroatoms. The monoisotopic (exact) mass is 1290 g/mol. The van der Waals surface area contributed by atoms with Crippen molar-refractivity contribution in [2.45, 2.75) is 332 Å². The largest absolute Gasteiger partial charge is 0.391 e. The van der Waals surface area contributed by atoms with E-state index in [0.717, 1.165) is 58.3 Å². The van der Waals surface area contributed by atoms with Crippen LogP contribution in [0.2, 0.25) is 0 Å². The maximum absolute atomic E-state index is 13.3. The van der Waals surface area contributed by atoms with Gasteiger partial charge in [0.25, 0.3) is 5.92 Å². The zero-order valence-electron chi connectivity index (χ0n) is 63.9. The third kappa shape index (κ3) is 28.9. The maximum atomic E-state index is 13.3. The number of alkyl halides is 2. The van der Waals surface area contributed by atoms with Gasteiger partial charge in [0, 0.05) is 110 Å². The number of aliphatic hydroxyl groups excluding tert-OH is 1. The Labute approximate surface area is 558 Å². The van der Waals surface area contributed by atoms with Gasteiger partial charge in [0.1, 0.15) is 0 Å². The van der Waals surface area contributed by atoms with Crippen LogP contribution in [-0.4, -0.2) is 157 Å². The molecule has 0 spiro atoms. The molecule has 0 radical (unpaired) electrons. The SMILES string of the molecule is CC(C)C(=O)N1CCCC1C(C)C(C)C.CC(C)CC1(C)CCCN1C(=O)C(C)C.CC(C)CC1CC(C)(C)CN1C(=O)C(C)C.CC(C)CC1CC(F)(F)CN1C(=O)C(C)C.CC(C)CC1CC(O)CN1C(=O)C(C)C.CC(C)CC1CCCN1C(=O)C(C)C. The highest BCUT2D eigenvalue weighted by atomic mass is 19.3. The van der Waals surface area contributed by atoms with Gasteiger partial charge in [-0.3, -0.25) is 28.8 Å². The Morgan fingerprint density at radius 2 is 0.813 bits per heavy atom. The van der Waals surface area contributed by atoms with Gasteiger partial charge in [0.2, 0.25) is 35.4 Å². The number of amides is 6. The first-order valence-corrected chi connectivity index (χ1v) is 36.6. The van der Waals surface area contributed by atoms with Gasteiger partial charge >= 0.3 is 0 Å². The molecule has 8 atom stereocenters. The van der Waals surface area contributed by atoms with E-state index >= 15 is 0 Å². The summed E-state index contributed by atoms with van der Waals surface area (Å²) in [4.78, 5) is 83.5. The van der Waals surface area contributed by atoms with E-state index < -0.39 is 12.5 Å². The molecule has 6 amide bonds. The van der Waals surface area contributed by atoms with Crippen LogP contribution in [-0.2, 0) is 28.8 Å². The molecule has 0 aliphatic carbocycles. The normalized spacial score (nSPS) is 24.8. The molecular weight excluding hydrogens is 1150 g/mol. The Hall–Kier alpha value is -3.36. The number of likely N-dealkylation sites (tertiary alicyclic amines) is 6. The number of hydrogen-bond acceptors (Lipinski definition) is 7. The second-order valence-corrected chi connectivity index (χ2v) is 34.0. The molecule has 0 aromatic carbocycles. The molecule has 534 valence electrons. The van der Waals surface area contributed by atoms with Crippen molar-refractivity contribution >= 4 is 35.4 Å². The van der Waals surface area contributed by atoms with Crippen molar-refractivity contribution in [3.05, 3.63) is 0 Å². The molecule has 6 saturated heterocycles. The van der Waals surface area contributed by atoms with Crippen molar-refractivity contribution in [2.24, 2.45) is 82.3 Å². The van der Waals surface area contributed by atoms with E-state index in [1.807, 2.05) is 88.0 Å². The van der Waals surface area contributed by atoms with Crippen LogP contribution < -0.4 is 0 Å². The van der Waals surface area contributed by atoms with Gasteiger partial charge in [-0.25, -0.2) is 8.78 Å². The first-order chi connectivity index (χ1) is 41.7. The summed E-state index contributed by atoms with van der Waals surface area (Å²) in [7, 11) is 0. The van der Waals surface area contributed by atoms with E-state index in [-0.39, 0.29) is 77.5 Å². The zero-order valence-corrected chi connectivity index (χ0v) is 63.9. The third-order valence-corrected chi connectivity index (χ3v) is 19.1. The van der Waals surface area contributed by atoms with E-state index in [1.54, 1.807) is 13.8 Å². The van der Waals surface area contributed by atoms with E-state index in [9.17, 15) is 42.7 Å². The Bertz CT molecular complexity index is 2100. The van der Waals surface area contributed by atoms with Crippen LogP contribution in [0.15, 0.2) is 0 Å². The summed E-state index contributed by atoms with van der Waals surface area (Å²) in [5.74, 6) is 3.27. The lowest BCUT2D eigenvalue weighted by molar-refractivity contribution is -0.139. The highest BCUT2D eigenvalue weighted by Crippen LogP contribution is 2.39. The third-order valence-electron chi connectivity index (χ3n) is 19.1. The van der Waals surface area contributed by atoms with Gasteiger partial charge in [-0.2, -0.15) is 0 Å². The Kier molecular flexibility index (Phi) is 36.7. The zero-order chi connectivity index (χ0) is 70.5. The average Bonchev–Trinajstić information content (AvgIpc) is 1.79. The second kappa shape index (κ2) is 39.0. The van der Waals surface area contributed by atoms with Gasteiger partial charge in [0.05, 0.1) is 12.6 Å². The maximum Gasteiger partial charge on any atom is 0.267 e. The fourth-order valence-electron chi connectivity index (χ4n) is 14.7. The van der Waals surface area contributed by atoms with Crippen LogP contribution >= 0.6 is 0 Å². The molecule has 91 heavy (non-hydrogen) atoms. The summed E-state index contributed by atoms with van der Waals surface area (Å²) >= 11 is 0. The highest BCUT2D eigenvalue weighted by molar-refractivity contribution is 5.81. The van der Waals surface area contributed by atoms with E-state index in [0.29, 0.717) is 102 Å². The standard InChI is InChI=1S/C14H27NO.2C13H25NO.C12H21F2NO.C12H23NO2.C12H23NO/c1-10(2)7-12-8-14(5,6)9-15(12)13(16)11(3)4;1-10(2)9-13(5)7-6-8-14(13)12(15)11(3)4;1-9(2)11(5)12-7-6-8-14(12)13(15)10(3)4;1-8(2)5-10-6-12(13,14)7-15(10)11(16)9(3)4;1-8(2)5-10-6-11(14)7-13(10)12(15)9(3)4;1-9(2)8-11-6-5-7-13(11)12(14)10(3)4/h10-12H,7-9H2,1-6H3;10-11H,6-9H2,1-5H3;9-12H,6-8H2,1-5H3;8-10H,5-7H2,1-4H3;8-11,14H,5-7H2,1-4H3;9-11H,5-8H2,1-4H3. The molecule has 6 heterocycles. The predicted octanol–water partition coefficient (Wildman–Crippen LogP) is 16.6. The first kappa shape index (κ1) is 85.7. The minimum Gasteiger partial charge on any atom is -0.391 e. The van der Waals surface area contributed by atoms with Gasteiger partial charge in [-0.05, 0) is 137 Å². The van der Waals surface area contributed by atoms with Crippen LogP contribution in [0.5, 0.6) is 0 Å². The number of halogens is 2. The molecule has 13 nitrogen and oxygen atoms in total. The fourth-order valence-corrected chi connectivity index (χ4v) is 14.7. The summed E-state index contributed by atoms with van der Waals surface area (Å²) in [5, 5.41) is 9.62. The van der Waals surface area contributed by atoms with Crippen molar-refractivity contribution in [2.75, 3.05) is 39.3 Å². The number of nitrogens with zero attached hydrogens (tertiary/aromatic N) is 6. The van der Waals surface area contributed by atoms with Crippen molar-refractivity contribution in [3.8, 4) is 0 Å². The van der Waals surface area contributed by atoms with Gasteiger partial charge < -0.3 is 34.5 Å². The fraction of sp³-hybridized carbons (Fsp3) is 0.921. The van der Waals surface area contributed by atoms with E-state index in [2.05, 4.69) is 117 Å². The van der Waals surface area contributed by atoms with Crippen LogP contribution in [0, 0.1) is 82.3 Å². The van der Waals surface area contributed by atoms with Gasteiger partial charge in [0.15, 0.2) is 0 Å². The lowest BCUT2D eigenvalue weighted by Gasteiger charge is -2.37. The molecular formula is C76H144F2N6O7. The van der Waals surface area contributed by atoms with Crippen LogP contribution in [0.3, 0.4) is 0 Å². The summed E-state index contributed by atoms with van der Waals surface area (Å²) in [5.41, 5.74) is 0.416. The number of carbonyl (C=O) groups excluding carboxylic acids is 6. The molecule has 0 aromatic rings. The number of hydrogen-bond donors (Lipinski definition) is 1. The van der Waals surface area contributed by atoms with Crippen LogP contribution in [0.4, 0.5) is 8.78 Å². The lowest BCUT2D eigenvalue weighted by Crippen LogP contribution is -2.47. The summed E-state index contributed by atoms with van der Waals surface area (Å²) < 4.78 is 26.6. The molecule has 6 rings (SSSR count). The topological polar surface area (TPSA) is 142 Å². The Morgan fingerprint density at radius 1 is 0.429 bits per heavy atom. The summed E-state index contributed by atoms with van der Waals surface area (Å²) in [6.45, 7) is 62.6. The molecule has 6 fully saturated rings. The smallest absolute Gasteiger partial charge is 0.267 e. The molecule has 6 aliphatic rings. The molecule has 0 aromatic heterocycles. The second-order valence-electron chi connectivity index (χ2n) is 34.0. The number of β-amino-alcohol motifs (C(OH)–C–C–N with tert-alkyl or cyclic N) is 1. The molecule has 0 saturated carbocycles. The minimum absolute atomic E-state index is 0.0324. The molecule has 6 aliphatic heterocycles. The number of rotatable bonds is 18. The average molecular weight is 1290 g/mol. The molecule has 8 unspecified atom stereocenters. The molecule has 1 N–H and O–H groups in total. The first-order valence-electron chi connectivity index (χ1n) is 36.6. The predicted molar refractivity (Wildman–Crippen MR) is 374 cm³/mol. The summed E-state index contributed by atoms with van der Waals surface area (Å²) in [6, 6.07) is 1.43. The van der Waals surface area contributed by atoms with E-state index in [4.69, 9.17) is 0 Å². The van der Waals surface area contributed by atoms with Gasteiger partial charge in [-0.1, -0.05) is 187 Å². The van der Waals surface area contributed by atoms with Crippen molar-refractivity contribution in [1.82, 2.24) is 29.4 Å². The minimum atomic E-state index is -2.70. The summed E-state index contributed by atoms with van der Waals surface area (Å²) in [6.07, 6.45) is 13.6. The Balaban J connectivity index is 0.000000546. The van der Waals surface area contributed by atoms with Crippen LogP contribution in [0.1, 0.15) is 284 Å². The van der Waals surface area contributed by atoms with Crippen molar-refractivity contribution in [1.29, 1.82) is 0 Å². The lowest BCUT2D eigenvalue weighted by atomic mass is 9.88. The van der Waals surface area contributed by atoms with Gasteiger partial charge in [-0.15, -0.1) is 0 Å². The quantitative estimate of drug-likeness (QED) is 0.144. The van der Waals surface area contributed by atoms with E-state index in [1.165, 1.54) is 49.8 Å². The number of carbonyl (C=O) groups is 6.